The maximum Gasteiger partial charge on any atom is 0.274 e. The fraction of sp³-hybridized carbons (Fsp3) is 0.222. The van der Waals surface area contributed by atoms with Gasteiger partial charge in [0.25, 0.3) is 5.91 Å². The van der Waals surface area contributed by atoms with Crippen LogP contribution in [0.2, 0.25) is 0 Å². The highest BCUT2D eigenvalue weighted by atomic mass is 32.2. The molecular weight excluding hydrogens is 350 g/mol. The summed E-state index contributed by atoms with van der Waals surface area (Å²) in [5, 5.41) is 11.5. The van der Waals surface area contributed by atoms with Crippen LogP contribution in [0, 0.1) is 0 Å². The summed E-state index contributed by atoms with van der Waals surface area (Å²) >= 11 is 1.26. The summed E-state index contributed by atoms with van der Waals surface area (Å²) in [5.41, 5.74) is 1.41. The van der Waals surface area contributed by atoms with E-state index in [1.165, 1.54) is 11.8 Å². The van der Waals surface area contributed by atoms with Crippen LogP contribution in [0.25, 0.3) is 11.4 Å². The Labute approximate surface area is 155 Å². The van der Waals surface area contributed by atoms with E-state index in [0.717, 1.165) is 11.4 Å². The van der Waals surface area contributed by atoms with Gasteiger partial charge in [-0.15, -0.1) is 10.2 Å². The van der Waals surface area contributed by atoms with Crippen molar-refractivity contribution in [3.05, 3.63) is 54.4 Å². The number of nitrogens with one attached hydrogen (secondary N) is 1. The Hall–Kier alpha value is -2.87. The molecule has 3 rings (SSSR count). The summed E-state index contributed by atoms with van der Waals surface area (Å²) < 4.78 is 3.61. The first-order chi connectivity index (χ1) is 12.6. The predicted octanol–water partition coefficient (Wildman–Crippen LogP) is 2.35. The van der Waals surface area contributed by atoms with Gasteiger partial charge in [-0.05, 0) is 19.1 Å². The number of hydrogen-bond donors (Lipinski definition) is 1. The van der Waals surface area contributed by atoms with E-state index in [4.69, 9.17) is 0 Å². The van der Waals surface area contributed by atoms with Crippen LogP contribution < -0.4 is 5.32 Å². The summed E-state index contributed by atoms with van der Waals surface area (Å²) in [7, 11) is 1.75. The number of carbonyl (C=O) groups excluding carboxylic acids is 2. The molecule has 1 N–H and O–H groups in total. The molecule has 0 unspecified atom stereocenters. The minimum Gasteiger partial charge on any atom is -0.347 e. The second-order valence-electron chi connectivity index (χ2n) is 5.59. The summed E-state index contributed by atoms with van der Waals surface area (Å²) in [6, 6.07) is 13.2. The van der Waals surface area contributed by atoms with Crippen molar-refractivity contribution in [2.45, 2.75) is 18.6 Å². The van der Waals surface area contributed by atoms with Crippen LogP contribution in [0.1, 0.15) is 17.4 Å². The Balaban J connectivity index is 1.65. The topological polar surface area (TPSA) is 81.8 Å². The molecule has 8 heteroatoms. The minimum absolute atomic E-state index is 0.0864. The van der Waals surface area contributed by atoms with Crippen LogP contribution in [0.4, 0.5) is 0 Å². The molecule has 0 aliphatic heterocycles. The number of amides is 2. The lowest BCUT2D eigenvalue weighted by atomic mass is 10.2. The van der Waals surface area contributed by atoms with Gasteiger partial charge >= 0.3 is 0 Å². The van der Waals surface area contributed by atoms with Crippen LogP contribution >= 0.6 is 11.8 Å². The van der Waals surface area contributed by atoms with Crippen molar-refractivity contribution in [1.82, 2.24) is 24.6 Å². The largest absolute Gasteiger partial charge is 0.347 e. The zero-order chi connectivity index (χ0) is 18.5. The number of benzene rings is 1. The summed E-state index contributed by atoms with van der Waals surface area (Å²) in [6.07, 6.45) is 1.75. The fourth-order valence-electron chi connectivity index (χ4n) is 2.54. The van der Waals surface area contributed by atoms with E-state index in [-0.39, 0.29) is 11.7 Å². The Morgan fingerprint density at radius 2 is 1.88 bits per heavy atom. The third-order valence-corrected chi connectivity index (χ3v) is 4.79. The van der Waals surface area contributed by atoms with E-state index in [1.54, 1.807) is 29.9 Å². The van der Waals surface area contributed by atoms with E-state index in [0.29, 0.717) is 17.4 Å². The Morgan fingerprint density at radius 1 is 1.12 bits per heavy atom. The van der Waals surface area contributed by atoms with Crippen molar-refractivity contribution < 1.29 is 9.59 Å². The van der Waals surface area contributed by atoms with Gasteiger partial charge in [0.2, 0.25) is 5.91 Å². The SMILES string of the molecule is CCn1c(SCC(=O)NC(=O)c2cccn2C)nnc1-c1ccccc1. The van der Waals surface area contributed by atoms with Gasteiger partial charge in [0.05, 0.1) is 5.75 Å². The van der Waals surface area contributed by atoms with Crippen molar-refractivity contribution >= 4 is 23.6 Å². The van der Waals surface area contributed by atoms with Gasteiger partial charge in [-0.1, -0.05) is 42.1 Å². The molecule has 2 aromatic heterocycles. The van der Waals surface area contributed by atoms with Crippen LogP contribution in [0.3, 0.4) is 0 Å². The molecule has 26 heavy (non-hydrogen) atoms. The Kier molecular flexibility index (Phi) is 5.52. The molecule has 0 aliphatic rings. The van der Waals surface area contributed by atoms with Gasteiger partial charge in [-0.3, -0.25) is 14.9 Å². The number of thioether (sulfide) groups is 1. The zero-order valence-electron chi connectivity index (χ0n) is 14.5. The highest BCUT2D eigenvalue weighted by molar-refractivity contribution is 7.99. The molecule has 2 amide bonds. The molecule has 7 nitrogen and oxygen atoms in total. The minimum atomic E-state index is -0.412. The maximum atomic E-state index is 12.1. The molecule has 0 radical (unpaired) electrons. The van der Waals surface area contributed by atoms with Crippen LogP contribution in [0.15, 0.2) is 53.8 Å². The number of carbonyl (C=O) groups is 2. The number of rotatable bonds is 6. The zero-order valence-corrected chi connectivity index (χ0v) is 15.4. The third kappa shape index (κ3) is 3.85. The second kappa shape index (κ2) is 8.01. The van der Waals surface area contributed by atoms with E-state index in [1.807, 2.05) is 41.8 Å². The summed E-state index contributed by atoms with van der Waals surface area (Å²) in [4.78, 5) is 24.2. The van der Waals surface area contributed by atoms with E-state index in [2.05, 4.69) is 15.5 Å². The Morgan fingerprint density at radius 3 is 2.54 bits per heavy atom. The number of aromatic nitrogens is 4. The molecule has 0 aliphatic carbocycles. The first kappa shape index (κ1) is 17.9. The lowest BCUT2D eigenvalue weighted by Crippen LogP contribution is -2.33. The van der Waals surface area contributed by atoms with Gasteiger partial charge in [0.1, 0.15) is 5.69 Å². The van der Waals surface area contributed by atoms with Crippen molar-refractivity contribution in [2.24, 2.45) is 7.05 Å². The molecule has 0 bridgehead atoms. The van der Waals surface area contributed by atoms with Gasteiger partial charge in [0, 0.05) is 25.4 Å². The van der Waals surface area contributed by atoms with Crippen molar-refractivity contribution in [3.63, 3.8) is 0 Å². The van der Waals surface area contributed by atoms with E-state index < -0.39 is 5.91 Å². The normalized spacial score (nSPS) is 10.7. The van der Waals surface area contributed by atoms with Crippen LogP contribution in [0.5, 0.6) is 0 Å². The molecule has 0 saturated heterocycles. The standard InChI is InChI=1S/C18H19N5O2S/c1-3-23-16(13-8-5-4-6-9-13)20-21-18(23)26-12-15(24)19-17(25)14-10-7-11-22(14)2/h4-11H,3,12H2,1-2H3,(H,19,24,25). The quantitative estimate of drug-likeness (QED) is 0.675. The lowest BCUT2D eigenvalue weighted by molar-refractivity contribution is -0.117. The number of imide groups is 1. The van der Waals surface area contributed by atoms with Gasteiger partial charge in [-0.25, -0.2) is 0 Å². The second-order valence-corrected chi connectivity index (χ2v) is 6.53. The highest BCUT2D eigenvalue weighted by Gasteiger charge is 2.16. The number of aryl methyl sites for hydroxylation is 1. The smallest absolute Gasteiger partial charge is 0.274 e. The molecule has 134 valence electrons. The van der Waals surface area contributed by atoms with Crippen LogP contribution in [-0.2, 0) is 18.4 Å². The molecule has 2 heterocycles. The monoisotopic (exact) mass is 369 g/mol. The summed E-state index contributed by atoms with van der Waals surface area (Å²) in [6.45, 7) is 2.68. The molecule has 0 saturated carbocycles. The van der Waals surface area contributed by atoms with Crippen molar-refractivity contribution in [1.29, 1.82) is 0 Å². The van der Waals surface area contributed by atoms with E-state index >= 15 is 0 Å². The first-order valence-electron chi connectivity index (χ1n) is 8.17. The molecular formula is C18H19N5O2S. The van der Waals surface area contributed by atoms with Crippen molar-refractivity contribution in [2.75, 3.05) is 5.75 Å². The fourth-order valence-corrected chi connectivity index (χ4v) is 3.34. The molecule has 0 atom stereocenters. The highest BCUT2D eigenvalue weighted by Crippen LogP contribution is 2.23. The van der Waals surface area contributed by atoms with Gasteiger partial charge in [0.15, 0.2) is 11.0 Å². The lowest BCUT2D eigenvalue weighted by Gasteiger charge is -2.07. The van der Waals surface area contributed by atoms with Crippen molar-refractivity contribution in [3.8, 4) is 11.4 Å². The average molecular weight is 369 g/mol. The van der Waals surface area contributed by atoms with E-state index in [9.17, 15) is 9.59 Å². The Bertz CT molecular complexity index is 917. The number of hydrogen-bond acceptors (Lipinski definition) is 5. The molecule has 1 aromatic carbocycles. The van der Waals surface area contributed by atoms with Gasteiger partial charge in [-0.2, -0.15) is 0 Å². The molecule has 3 aromatic rings. The predicted molar refractivity (Wildman–Crippen MR) is 99.7 cm³/mol. The number of nitrogens with zero attached hydrogens (tertiary/aromatic N) is 4. The first-order valence-corrected chi connectivity index (χ1v) is 9.15. The molecule has 0 fully saturated rings. The average Bonchev–Trinajstić information content (AvgIpc) is 3.26. The van der Waals surface area contributed by atoms with Crippen LogP contribution in [-0.4, -0.2) is 36.9 Å². The maximum absolute atomic E-state index is 12.1. The molecule has 0 spiro atoms. The van der Waals surface area contributed by atoms with Gasteiger partial charge < -0.3 is 9.13 Å². The summed E-state index contributed by atoms with van der Waals surface area (Å²) in [5.74, 6) is 0.0670. The third-order valence-electron chi connectivity index (χ3n) is 3.83.